The maximum atomic E-state index is 11.8. The van der Waals surface area contributed by atoms with Crippen molar-refractivity contribution in [3.05, 3.63) is 35.4 Å². The highest BCUT2D eigenvalue weighted by molar-refractivity contribution is 5.76. The first kappa shape index (κ1) is 12.6. The lowest BCUT2D eigenvalue weighted by molar-refractivity contribution is -0.124. The Hall–Kier alpha value is -1.39. The fourth-order valence-corrected chi connectivity index (χ4v) is 2.81. The van der Waals surface area contributed by atoms with Gasteiger partial charge in [0.15, 0.2) is 0 Å². The molecule has 0 saturated carbocycles. The predicted octanol–water partition coefficient (Wildman–Crippen LogP) is 0.821. The van der Waals surface area contributed by atoms with Crippen LogP contribution in [0.25, 0.3) is 0 Å². The van der Waals surface area contributed by atoms with Crippen LogP contribution in [0, 0.1) is 0 Å². The minimum absolute atomic E-state index is 0.0300. The lowest BCUT2D eigenvalue weighted by atomic mass is 9.77. The van der Waals surface area contributed by atoms with Gasteiger partial charge in [-0.25, -0.2) is 0 Å². The van der Waals surface area contributed by atoms with E-state index in [0.29, 0.717) is 18.9 Å². The van der Waals surface area contributed by atoms with Crippen molar-refractivity contribution in [2.75, 3.05) is 26.2 Å². The van der Waals surface area contributed by atoms with Gasteiger partial charge in [0, 0.05) is 25.6 Å². The second-order valence-corrected chi connectivity index (χ2v) is 5.30. The summed E-state index contributed by atoms with van der Waals surface area (Å²) in [6.07, 6.45) is 1.57. The number of rotatable bonds is 4. The fraction of sp³-hybridized carbons (Fsp3) is 0.533. The molecule has 1 heterocycles. The maximum absolute atomic E-state index is 11.8. The van der Waals surface area contributed by atoms with Crippen molar-refractivity contribution in [2.45, 2.75) is 24.9 Å². The number of fused-ring (bicyclic) bond motifs is 1. The molecule has 0 bridgehead atoms. The Kier molecular flexibility index (Phi) is 3.80. The molecule has 2 N–H and O–H groups in total. The second-order valence-electron chi connectivity index (χ2n) is 5.30. The highest BCUT2D eigenvalue weighted by Crippen LogP contribution is 2.33. The Labute approximate surface area is 113 Å². The molecule has 0 aromatic heterocycles. The number of amides is 1. The summed E-state index contributed by atoms with van der Waals surface area (Å²) in [5.41, 5.74) is 2.81. The molecule has 1 aliphatic heterocycles. The van der Waals surface area contributed by atoms with Crippen LogP contribution in [0.5, 0.6) is 0 Å². The van der Waals surface area contributed by atoms with Gasteiger partial charge in [-0.05, 0) is 17.5 Å². The Morgan fingerprint density at radius 3 is 3.11 bits per heavy atom. The van der Waals surface area contributed by atoms with Crippen molar-refractivity contribution in [1.29, 1.82) is 0 Å². The van der Waals surface area contributed by atoms with E-state index in [-0.39, 0.29) is 12.0 Å². The third-order valence-electron chi connectivity index (χ3n) is 3.92. The van der Waals surface area contributed by atoms with Crippen molar-refractivity contribution in [2.24, 2.45) is 0 Å². The molecule has 2 atom stereocenters. The molecule has 1 fully saturated rings. The molecule has 0 radical (unpaired) electrons. The topological polar surface area (TPSA) is 50.4 Å². The van der Waals surface area contributed by atoms with Gasteiger partial charge in [-0.1, -0.05) is 24.3 Å². The smallest absolute Gasteiger partial charge is 0.222 e. The molecule has 1 aromatic carbocycles. The van der Waals surface area contributed by atoms with Crippen LogP contribution in [-0.2, 0) is 16.0 Å². The van der Waals surface area contributed by atoms with E-state index in [1.165, 1.54) is 11.1 Å². The Balaban J connectivity index is 1.42. The number of morpholine rings is 1. The summed E-state index contributed by atoms with van der Waals surface area (Å²) in [6, 6.07) is 8.45. The van der Waals surface area contributed by atoms with Crippen LogP contribution in [0.2, 0.25) is 0 Å². The normalized spacial score (nSPS) is 25.3. The van der Waals surface area contributed by atoms with E-state index in [4.69, 9.17) is 4.74 Å². The van der Waals surface area contributed by atoms with Gasteiger partial charge in [0.05, 0.1) is 19.1 Å². The molecule has 4 nitrogen and oxygen atoms in total. The first-order valence-electron chi connectivity index (χ1n) is 7.00. The molecule has 1 aromatic rings. The summed E-state index contributed by atoms with van der Waals surface area (Å²) in [5, 5.41) is 6.26. The zero-order chi connectivity index (χ0) is 13.1. The molecule has 4 heteroatoms. The first-order chi connectivity index (χ1) is 9.33. The summed E-state index contributed by atoms with van der Waals surface area (Å²) in [7, 11) is 0. The number of benzene rings is 1. The van der Waals surface area contributed by atoms with Gasteiger partial charge in [0.2, 0.25) is 5.91 Å². The summed E-state index contributed by atoms with van der Waals surface area (Å²) in [5.74, 6) is 0.587. The molecule has 3 rings (SSSR count). The molecular formula is C15H20N2O2. The van der Waals surface area contributed by atoms with Crippen LogP contribution >= 0.6 is 0 Å². The lowest BCUT2D eigenvalue weighted by Gasteiger charge is -2.30. The van der Waals surface area contributed by atoms with Crippen molar-refractivity contribution < 1.29 is 9.53 Å². The van der Waals surface area contributed by atoms with Crippen LogP contribution in [0.15, 0.2) is 24.3 Å². The minimum Gasteiger partial charge on any atom is -0.375 e. The van der Waals surface area contributed by atoms with Gasteiger partial charge in [0.25, 0.3) is 0 Å². The number of ether oxygens (including phenoxy) is 1. The molecule has 1 aliphatic carbocycles. The Bertz CT molecular complexity index is 455. The molecule has 2 aliphatic rings. The van der Waals surface area contributed by atoms with E-state index in [2.05, 4.69) is 34.9 Å². The standard InChI is InChI=1S/C15H20N2O2/c18-15(8-13-10-16-5-6-19-13)17-9-12-7-11-3-1-2-4-14(11)12/h1-4,12-13,16H,5-10H2,(H,17,18). The van der Waals surface area contributed by atoms with Crippen LogP contribution in [-0.4, -0.2) is 38.3 Å². The highest BCUT2D eigenvalue weighted by Gasteiger charge is 2.26. The van der Waals surface area contributed by atoms with Gasteiger partial charge in [-0.15, -0.1) is 0 Å². The summed E-state index contributed by atoms with van der Waals surface area (Å²) in [6.45, 7) is 3.11. The van der Waals surface area contributed by atoms with E-state index < -0.39 is 0 Å². The molecular weight excluding hydrogens is 240 g/mol. The number of hydrogen-bond donors (Lipinski definition) is 2. The molecule has 102 valence electrons. The van der Waals surface area contributed by atoms with E-state index in [1.807, 2.05) is 0 Å². The second kappa shape index (κ2) is 5.72. The molecule has 1 saturated heterocycles. The van der Waals surface area contributed by atoms with Crippen molar-refractivity contribution in [3.63, 3.8) is 0 Å². The Morgan fingerprint density at radius 1 is 1.42 bits per heavy atom. The van der Waals surface area contributed by atoms with E-state index in [0.717, 1.165) is 26.1 Å². The molecule has 19 heavy (non-hydrogen) atoms. The summed E-state index contributed by atoms with van der Waals surface area (Å²) in [4.78, 5) is 11.8. The van der Waals surface area contributed by atoms with Gasteiger partial charge in [-0.3, -0.25) is 4.79 Å². The highest BCUT2D eigenvalue weighted by atomic mass is 16.5. The molecule has 1 amide bonds. The van der Waals surface area contributed by atoms with Gasteiger partial charge >= 0.3 is 0 Å². The molecule has 2 unspecified atom stereocenters. The number of nitrogens with one attached hydrogen (secondary N) is 2. The quantitative estimate of drug-likeness (QED) is 0.843. The van der Waals surface area contributed by atoms with Gasteiger partial charge in [-0.2, -0.15) is 0 Å². The number of carbonyl (C=O) groups is 1. The largest absolute Gasteiger partial charge is 0.375 e. The lowest BCUT2D eigenvalue weighted by Crippen LogP contribution is -2.42. The van der Waals surface area contributed by atoms with Crippen LogP contribution in [0.3, 0.4) is 0 Å². The zero-order valence-electron chi connectivity index (χ0n) is 11.0. The average molecular weight is 260 g/mol. The number of hydrogen-bond acceptors (Lipinski definition) is 3. The molecule has 0 spiro atoms. The van der Waals surface area contributed by atoms with Gasteiger partial charge in [0.1, 0.15) is 0 Å². The Morgan fingerprint density at radius 2 is 2.32 bits per heavy atom. The zero-order valence-corrected chi connectivity index (χ0v) is 11.0. The van der Waals surface area contributed by atoms with Crippen molar-refractivity contribution >= 4 is 5.91 Å². The SMILES string of the molecule is O=C(CC1CNCCO1)NCC1Cc2ccccc21. The minimum atomic E-state index is 0.0300. The number of carbonyl (C=O) groups excluding carboxylic acids is 1. The van der Waals surface area contributed by atoms with Crippen molar-refractivity contribution in [1.82, 2.24) is 10.6 Å². The van der Waals surface area contributed by atoms with Crippen LogP contribution in [0.4, 0.5) is 0 Å². The third kappa shape index (κ3) is 2.96. The average Bonchev–Trinajstić information content (AvgIpc) is 2.41. The monoisotopic (exact) mass is 260 g/mol. The van der Waals surface area contributed by atoms with Gasteiger partial charge < -0.3 is 15.4 Å². The van der Waals surface area contributed by atoms with E-state index in [1.54, 1.807) is 0 Å². The fourth-order valence-electron chi connectivity index (χ4n) is 2.81. The van der Waals surface area contributed by atoms with Crippen LogP contribution < -0.4 is 10.6 Å². The summed E-state index contributed by atoms with van der Waals surface area (Å²) >= 11 is 0. The first-order valence-corrected chi connectivity index (χ1v) is 7.00. The summed E-state index contributed by atoms with van der Waals surface area (Å²) < 4.78 is 5.53. The van der Waals surface area contributed by atoms with Crippen molar-refractivity contribution in [3.8, 4) is 0 Å². The predicted molar refractivity (Wildman–Crippen MR) is 73.1 cm³/mol. The van der Waals surface area contributed by atoms with Crippen LogP contribution in [0.1, 0.15) is 23.5 Å². The van der Waals surface area contributed by atoms with E-state index >= 15 is 0 Å². The third-order valence-corrected chi connectivity index (χ3v) is 3.92. The van der Waals surface area contributed by atoms with E-state index in [9.17, 15) is 4.79 Å². The maximum Gasteiger partial charge on any atom is 0.222 e.